The standard InChI is InChI=1S/C19H24N2O.ClH/c20-10-12-21(11-8-16-4-2-1-3-5-16)15-17-6-7-19-18(14-17)9-13-22-19;/h1-7,14H,8-13,15,20H2;1H. The predicted octanol–water partition coefficient (Wildman–Crippen LogP) is 3.05. The Hall–Kier alpha value is -1.55. The highest BCUT2D eigenvalue weighted by Gasteiger charge is 2.13. The van der Waals surface area contributed by atoms with Gasteiger partial charge in [0.05, 0.1) is 6.61 Å². The summed E-state index contributed by atoms with van der Waals surface area (Å²) in [6, 6.07) is 17.2. The van der Waals surface area contributed by atoms with E-state index >= 15 is 0 Å². The van der Waals surface area contributed by atoms with E-state index in [4.69, 9.17) is 10.5 Å². The minimum absolute atomic E-state index is 0. The van der Waals surface area contributed by atoms with Crippen molar-refractivity contribution in [2.45, 2.75) is 19.4 Å². The first-order chi connectivity index (χ1) is 10.8. The smallest absolute Gasteiger partial charge is 0.122 e. The summed E-state index contributed by atoms with van der Waals surface area (Å²) < 4.78 is 5.58. The fourth-order valence-corrected chi connectivity index (χ4v) is 2.98. The number of ether oxygens (including phenoxy) is 1. The molecular formula is C19H25ClN2O. The van der Waals surface area contributed by atoms with Crippen LogP contribution in [0.2, 0.25) is 0 Å². The SMILES string of the molecule is Cl.NCCN(CCc1ccccc1)Cc1ccc2c(c1)CCO2. The number of fused-ring (bicyclic) bond motifs is 1. The van der Waals surface area contributed by atoms with Gasteiger partial charge in [-0.2, -0.15) is 0 Å². The minimum atomic E-state index is 0. The first-order valence-electron chi connectivity index (χ1n) is 8.06. The molecule has 2 aromatic rings. The molecule has 1 heterocycles. The second kappa shape index (κ2) is 8.92. The number of benzene rings is 2. The quantitative estimate of drug-likeness (QED) is 0.847. The van der Waals surface area contributed by atoms with E-state index in [0.29, 0.717) is 6.54 Å². The van der Waals surface area contributed by atoms with E-state index in [-0.39, 0.29) is 12.4 Å². The van der Waals surface area contributed by atoms with Crippen LogP contribution in [0.5, 0.6) is 5.75 Å². The molecule has 0 saturated heterocycles. The summed E-state index contributed by atoms with van der Waals surface area (Å²) in [4.78, 5) is 2.44. The van der Waals surface area contributed by atoms with Crippen LogP contribution in [0.1, 0.15) is 16.7 Å². The molecule has 0 saturated carbocycles. The fraction of sp³-hybridized carbons (Fsp3) is 0.368. The Morgan fingerprint density at radius 2 is 1.83 bits per heavy atom. The summed E-state index contributed by atoms with van der Waals surface area (Å²) in [5, 5.41) is 0. The molecule has 0 radical (unpaired) electrons. The van der Waals surface area contributed by atoms with Crippen molar-refractivity contribution in [3.05, 3.63) is 65.2 Å². The van der Waals surface area contributed by atoms with Crippen LogP contribution in [0, 0.1) is 0 Å². The van der Waals surface area contributed by atoms with Crippen LogP contribution >= 0.6 is 12.4 Å². The van der Waals surface area contributed by atoms with Gasteiger partial charge in [-0.3, -0.25) is 4.90 Å². The van der Waals surface area contributed by atoms with E-state index in [1.54, 1.807) is 0 Å². The lowest BCUT2D eigenvalue weighted by atomic mass is 10.1. The van der Waals surface area contributed by atoms with Crippen molar-refractivity contribution in [1.82, 2.24) is 4.90 Å². The van der Waals surface area contributed by atoms with Crippen molar-refractivity contribution >= 4 is 12.4 Å². The lowest BCUT2D eigenvalue weighted by Crippen LogP contribution is -2.31. The molecule has 0 unspecified atom stereocenters. The highest BCUT2D eigenvalue weighted by molar-refractivity contribution is 5.85. The Labute approximate surface area is 144 Å². The van der Waals surface area contributed by atoms with E-state index in [2.05, 4.69) is 53.4 Å². The molecule has 0 aliphatic carbocycles. The van der Waals surface area contributed by atoms with Gasteiger partial charge >= 0.3 is 0 Å². The maximum Gasteiger partial charge on any atom is 0.122 e. The lowest BCUT2D eigenvalue weighted by molar-refractivity contribution is 0.276. The lowest BCUT2D eigenvalue weighted by Gasteiger charge is -2.22. The second-order valence-electron chi connectivity index (χ2n) is 5.84. The van der Waals surface area contributed by atoms with Crippen LogP contribution in [-0.2, 0) is 19.4 Å². The molecule has 2 N–H and O–H groups in total. The summed E-state index contributed by atoms with van der Waals surface area (Å²) in [6.45, 7) is 4.44. The fourth-order valence-electron chi connectivity index (χ4n) is 2.98. The van der Waals surface area contributed by atoms with Gasteiger partial charge < -0.3 is 10.5 Å². The van der Waals surface area contributed by atoms with E-state index in [1.807, 2.05) is 0 Å². The third-order valence-corrected chi connectivity index (χ3v) is 4.16. The summed E-state index contributed by atoms with van der Waals surface area (Å²) in [7, 11) is 0. The van der Waals surface area contributed by atoms with Crippen molar-refractivity contribution in [3.8, 4) is 5.75 Å². The Balaban J connectivity index is 0.00000192. The van der Waals surface area contributed by atoms with Crippen molar-refractivity contribution in [2.24, 2.45) is 5.73 Å². The van der Waals surface area contributed by atoms with Crippen LogP contribution in [0.3, 0.4) is 0 Å². The number of nitrogens with zero attached hydrogens (tertiary/aromatic N) is 1. The molecule has 23 heavy (non-hydrogen) atoms. The third kappa shape index (κ3) is 4.96. The van der Waals surface area contributed by atoms with Gasteiger partial charge in [0.2, 0.25) is 0 Å². The molecule has 1 aliphatic heterocycles. The molecule has 3 nitrogen and oxygen atoms in total. The second-order valence-corrected chi connectivity index (χ2v) is 5.84. The van der Waals surface area contributed by atoms with Gasteiger partial charge in [-0.15, -0.1) is 12.4 Å². The molecule has 0 amide bonds. The molecule has 0 fully saturated rings. The van der Waals surface area contributed by atoms with Crippen LogP contribution < -0.4 is 10.5 Å². The normalized spacial score (nSPS) is 12.6. The highest BCUT2D eigenvalue weighted by Crippen LogP contribution is 2.26. The number of rotatable bonds is 7. The van der Waals surface area contributed by atoms with Crippen LogP contribution in [0.15, 0.2) is 48.5 Å². The summed E-state index contributed by atoms with van der Waals surface area (Å²) in [5.74, 6) is 1.05. The van der Waals surface area contributed by atoms with Crippen molar-refractivity contribution in [3.63, 3.8) is 0 Å². The van der Waals surface area contributed by atoms with E-state index in [9.17, 15) is 0 Å². The first kappa shape index (κ1) is 17.8. The molecule has 4 heteroatoms. The molecule has 3 rings (SSSR count). The zero-order valence-electron chi connectivity index (χ0n) is 13.4. The molecule has 0 bridgehead atoms. The highest BCUT2D eigenvalue weighted by atomic mass is 35.5. The molecule has 0 atom stereocenters. The van der Waals surface area contributed by atoms with Gasteiger partial charge in [-0.05, 0) is 29.2 Å². The maximum absolute atomic E-state index is 5.78. The molecule has 2 aromatic carbocycles. The molecular weight excluding hydrogens is 308 g/mol. The van der Waals surface area contributed by atoms with Gasteiger partial charge in [0.25, 0.3) is 0 Å². The van der Waals surface area contributed by atoms with Crippen LogP contribution in [0.4, 0.5) is 0 Å². The van der Waals surface area contributed by atoms with Crippen molar-refractivity contribution in [2.75, 3.05) is 26.2 Å². The van der Waals surface area contributed by atoms with E-state index in [1.165, 1.54) is 16.7 Å². The first-order valence-corrected chi connectivity index (χ1v) is 8.06. The van der Waals surface area contributed by atoms with Crippen LogP contribution in [-0.4, -0.2) is 31.1 Å². The summed E-state index contributed by atoms with van der Waals surface area (Å²) >= 11 is 0. The zero-order valence-corrected chi connectivity index (χ0v) is 14.2. The van der Waals surface area contributed by atoms with E-state index < -0.39 is 0 Å². The average Bonchev–Trinajstić information content (AvgIpc) is 3.01. The Morgan fingerprint density at radius 3 is 2.61 bits per heavy atom. The maximum atomic E-state index is 5.78. The van der Waals surface area contributed by atoms with E-state index in [0.717, 1.165) is 44.8 Å². The average molecular weight is 333 g/mol. The van der Waals surface area contributed by atoms with Crippen LogP contribution in [0.25, 0.3) is 0 Å². The van der Waals surface area contributed by atoms with Gasteiger partial charge in [-0.1, -0.05) is 42.5 Å². The number of hydrogen-bond acceptors (Lipinski definition) is 3. The van der Waals surface area contributed by atoms with Crippen molar-refractivity contribution < 1.29 is 4.74 Å². The van der Waals surface area contributed by atoms with Gasteiger partial charge in [-0.25, -0.2) is 0 Å². The third-order valence-electron chi connectivity index (χ3n) is 4.16. The number of nitrogens with two attached hydrogens (primary N) is 1. The molecule has 0 aromatic heterocycles. The Bertz CT molecular complexity index is 604. The van der Waals surface area contributed by atoms with Gasteiger partial charge in [0, 0.05) is 32.6 Å². The Morgan fingerprint density at radius 1 is 1.00 bits per heavy atom. The zero-order chi connectivity index (χ0) is 15.2. The molecule has 0 spiro atoms. The van der Waals surface area contributed by atoms with Crippen molar-refractivity contribution in [1.29, 1.82) is 0 Å². The largest absolute Gasteiger partial charge is 0.493 e. The Kier molecular flexibility index (Phi) is 6.90. The summed E-state index contributed by atoms with van der Waals surface area (Å²) in [5.41, 5.74) is 9.86. The predicted molar refractivity (Wildman–Crippen MR) is 97.4 cm³/mol. The monoisotopic (exact) mass is 332 g/mol. The molecule has 124 valence electrons. The number of halogens is 1. The summed E-state index contributed by atoms with van der Waals surface area (Å²) in [6.07, 6.45) is 2.10. The van der Waals surface area contributed by atoms with Gasteiger partial charge in [0.1, 0.15) is 5.75 Å². The molecule has 1 aliphatic rings. The number of hydrogen-bond donors (Lipinski definition) is 1. The minimum Gasteiger partial charge on any atom is -0.493 e. The van der Waals surface area contributed by atoms with Gasteiger partial charge in [0.15, 0.2) is 0 Å². The topological polar surface area (TPSA) is 38.5 Å².